The third kappa shape index (κ3) is 4.08. The van der Waals surface area contributed by atoms with Crippen LogP contribution in [0.4, 0.5) is 11.5 Å². The SMILES string of the molecule is CCCCCCn1c(CC)nc2c1C(=O)N(C)CN2c1cc(OC)c(OC)cc1Cl. The Kier molecular flexibility index (Phi) is 7.13. The number of carbonyl (C=O) groups is 1. The molecule has 8 heteroatoms. The number of halogens is 1. The van der Waals surface area contributed by atoms with Crippen molar-refractivity contribution in [3.63, 3.8) is 0 Å². The molecule has 7 nitrogen and oxygen atoms in total. The third-order valence-electron chi connectivity index (χ3n) is 5.48. The normalized spacial score (nSPS) is 13.6. The van der Waals surface area contributed by atoms with E-state index in [0.717, 1.165) is 37.3 Å². The lowest BCUT2D eigenvalue weighted by Gasteiger charge is -2.34. The number of nitrogens with zero attached hydrogens (tertiary/aromatic N) is 4. The number of methoxy groups -OCH3 is 2. The second-order valence-corrected chi connectivity index (χ2v) is 7.90. The Balaban J connectivity index is 2.08. The molecule has 0 fully saturated rings. The van der Waals surface area contributed by atoms with Gasteiger partial charge in [-0.3, -0.25) is 4.79 Å². The van der Waals surface area contributed by atoms with Crippen molar-refractivity contribution >= 4 is 29.0 Å². The van der Waals surface area contributed by atoms with E-state index in [0.29, 0.717) is 34.7 Å². The Morgan fingerprint density at radius 2 is 1.80 bits per heavy atom. The van der Waals surface area contributed by atoms with Crippen molar-refractivity contribution in [3.8, 4) is 11.5 Å². The summed E-state index contributed by atoms with van der Waals surface area (Å²) in [6.45, 7) is 5.41. The van der Waals surface area contributed by atoms with Crippen molar-refractivity contribution in [1.82, 2.24) is 14.5 Å². The highest BCUT2D eigenvalue weighted by molar-refractivity contribution is 6.33. The molecule has 0 bridgehead atoms. The number of carbonyl (C=O) groups excluding carboxylic acids is 1. The molecule has 0 N–H and O–H groups in total. The van der Waals surface area contributed by atoms with Gasteiger partial charge in [0.2, 0.25) is 0 Å². The molecule has 1 aromatic heterocycles. The minimum Gasteiger partial charge on any atom is -0.493 e. The number of hydrogen-bond acceptors (Lipinski definition) is 5. The topological polar surface area (TPSA) is 59.8 Å². The van der Waals surface area contributed by atoms with E-state index in [2.05, 4.69) is 18.4 Å². The first-order valence-corrected chi connectivity index (χ1v) is 10.9. The maximum atomic E-state index is 13.1. The van der Waals surface area contributed by atoms with Gasteiger partial charge in [-0.15, -0.1) is 0 Å². The maximum Gasteiger partial charge on any atom is 0.275 e. The zero-order valence-electron chi connectivity index (χ0n) is 18.5. The van der Waals surface area contributed by atoms with Crippen LogP contribution in [0.5, 0.6) is 11.5 Å². The maximum absolute atomic E-state index is 13.1. The fraction of sp³-hybridized carbons (Fsp3) is 0.545. The van der Waals surface area contributed by atoms with Crippen LogP contribution in [0.3, 0.4) is 0 Å². The van der Waals surface area contributed by atoms with Gasteiger partial charge >= 0.3 is 0 Å². The van der Waals surface area contributed by atoms with E-state index in [9.17, 15) is 4.79 Å². The van der Waals surface area contributed by atoms with Gasteiger partial charge in [0.05, 0.1) is 31.6 Å². The minimum atomic E-state index is -0.0134. The molecule has 30 heavy (non-hydrogen) atoms. The third-order valence-corrected chi connectivity index (χ3v) is 5.78. The van der Waals surface area contributed by atoms with E-state index in [4.69, 9.17) is 26.1 Å². The molecule has 0 aliphatic carbocycles. The summed E-state index contributed by atoms with van der Waals surface area (Å²) in [7, 11) is 4.97. The monoisotopic (exact) mass is 434 g/mol. The Morgan fingerprint density at radius 3 is 2.43 bits per heavy atom. The highest BCUT2D eigenvalue weighted by atomic mass is 35.5. The van der Waals surface area contributed by atoms with Crippen molar-refractivity contribution in [2.45, 2.75) is 52.5 Å². The first-order valence-electron chi connectivity index (χ1n) is 10.5. The molecular weight excluding hydrogens is 404 g/mol. The molecular formula is C22H31ClN4O3. The van der Waals surface area contributed by atoms with Gasteiger partial charge in [0.15, 0.2) is 23.0 Å². The van der Waals surface area contributed by atoms with Gasteiger partial charge in [-0.1, -0.05) is 44.7 Å². The molecule has 0 atom stereocenters. The summed E-state index contributed by atoms with van der Waals surface area (Å²) in [6, 6.07) is 3.56. The predicted molar refractivity (Wildman–Crippen MR) is 119 cm³/mol. The Labute approximate surface area is 183 Å². The number of fused-ring (bicyclic) bond motifs is 1. The minimum absolute atomic E-state index is 0.0134. The summed E-state index contributed by atoms with van der Waals surface area (Å²) in [5.41, 5.74) is 1.36. The summed E-state index contributed by atoms with van der Waals surface area (Å²) in [5, 5.41) is 0.511. The average molecular weight is 435 g/mol. The lowest BCUT2D eigenvalue weighted by Crippen LogP contribution is -2.43. The summed E-state index contributed by atoms with van der Waals surface area (Å²) >= 11 is 6.60. The van der Waals surface area contributed by atoms with Crippen LogP contribution < -0.4 is 14.4 Å². The number of hydrogen-bond donors (Lipinski definition) is 0. The van der Waals surface area contributed by atoms with E-state index in [-0.39, 0.29) is 5.91 Å². The van der Waals surface area contributed by atoms with E-state index in [1.165, 1.54) is 12.8 Å². The molecule has 0 saturated carbocycles. The van der Waals surface area contributed by atoms with Crippen molar-refractivity contribution in [1.29, 1.82) is 0 Å². The van der Waals surface area contributed by atoms with Crippen molar-refractivity contribution in [2.24, 2.45) is 0 Å². The van der Waals surface area contributed by atoms with Gasteiger partial charge in [0.25, 0.3) is 5.91 Å². The van der Waals surface area contributed by atoms with Crippen LogP contribution in [0.25, 0.3) is 0 Å². The zero-order valence-corrected chi connectivity index (χ0v) is 19.3. The van der Waals surface area contributed by atoms with Crippen molar-refractivity contribution in [2.75, 3.05) is 32.8 Å². The number of aryl methyl sites for hydroxylation is 1. The smallest absolute Gasteiger partial charge is 0.275 e. The molecule has 1 aromatic carbocycles. The van der Waals surface area contributed by atoms with E-state index in [1.807, 2.05) is 11.0 Å². The zero-order chi connectivity index (χ0) is 21.8. The highest BCUT2D eigenvalue weighted by Crippen LogP contribution is 2.42. The van der Waals surface area contributed by atoms with Gasteiger partial charge < -0.3 is 23.8 Å². The number of imidazole rings is 1. The Hall–Kier alpha value is -2.41. The van der Waals surface area contributed by atoms with Crippen LogP contribution in [0.1, 0.15) is 55.8 Å². The summed E-state index contributed by atoms with van der Waals surface area (Å²) < 4.78 is 12.9. The summed E-state index contributed by atoms with van der Waals surface area (Å²) in [4.78, 5) is 21.6. The largest absolute Gasteiger partial charge is 0.493 e. The van der Waals surface area contributed by atoms with Gasteiger partial charge in [-0.25, -0.2) is 4.98 Å². The van der Waals surface area contributed by atoms with Gasteiger partial charge in [-0.2, -0.15) is 0 Å². The fourth-order valence-electron chi connectivity index (χ4n) is 3.86. The van der Waals surface area contributed by atoms with Crippen LogP contribution in [0, 0.1) is 0 Å². The lowest BCUT2D eigenvalue weighted by molar-refractivity contribution is 0.0775. The molecule has 0 spiro atoms. The van der Waals surface area contributed by atoms with E-state index in [1.54, 1.807) is 32.2 Å². The van der Waals surface area contributed by atoms with Gasteiger partial charge in [0.1, 0.15) is 5.82 Å². The molecule has 1 aliphatic rings. The highest BCUT2D eigenvalue weighted by Gasteiger charge is 2.35. The number of anilines is 2. The number of aromatic nitrogens is 2. The van der Waals surface area contributed by atoms with Crippen molar-refractivity contribution in [3.05, 3.63) is 28.7 Å². The quantitative estimate of drug-likeness (QED) is 0.526. The molecule has 164 valence electrons. The second-order valence-electron chi connectivity index (χ2n) is 7.50. The molecule has 1 aliphatic heterocycles. The standard InChI is InChI=1S/C22H31ClN4O3/c1-6-8-9-10-11-26-19(7-2)24-21-20(26)22(28)25(3)14-27(21)16-13-18(30-5)17(29-4)12-15(16)23/h12-13H,6-11,14H2,1-5H3. The van der Waals surface area contributed by atoms with Crippen LogP contribution in [-0.4, -0.2) is 48.3 Å². The number of amides is 1. The van der Waals surface area contributed by atoms with Gasteiger partial charge in [-0.05, 0) is 6.42 Å². The second kappa shape index (κ2) is 9.60. The van der Waals surface area contributed by atoms with Crippen molar-refractivity contribution < 1.29 is 14.3 Å². The van der Waals surface area contributed by atoms with Crippen LogP contribution in [0.15, 0.2) is 12.1 Å². The average Bonchev–Trinajstić information content (AvgIpc) is 3.12. The summed E-state index contributed by atoms with van der Waals surface area (Å²) in [6.07, 6.45) is 5.29. The number of unbranched alkanes of at least 4 members (excludes halogenated alkanes) is 3. The number of benzene rings is 1. The molecule has 0 unspecified atom stereocenters. The predicted octanol–water partition coefficient (Wildman–Crippen LogP) is 4.88. The Morgan fingerprint density at radius 1 is 1.10 bits per heavy atom. The molecule has 3 rings (SSSR count). The van der Waals surface area contributed by atoms with E-state index < -0.39 is 0 Å². The molecule has 0 saturated heterocycles. The summed E-state index contributed by atoms with van der Waals surface area (Å²) in [5.74, 6) is 2.69. The van der Waals surface area contributed by atoms with E-state index >= 15 is 0 Å². The van der Waals surface area contributed by atoms with Crippen LogP contribution in [0.2, 0.25) is 5.02 Å². The van der Waals surface area contributed by atoms with Crippen LogP contribution in [-0.2, 0) is 13.0 Å². The van der Waals surface area contributed by atoms with Gasteiger partial charge in [0, 0.05) is 32.1 Å². The molecule has 2 heterocycles. The first-order chi connectivity index (χ1) is 14.5. The molecule has 0 radical (unpaired) electrons. The number of rotatable bonds is 9. The molecule has 1 amide bonds. The molecule has 2 aromatic rings. The lowest BCUT2D eigenvalue weighted by atomic mass is 10.2. The number of ether oxygens (including phenoxy) is 2. The first kappa shape index (κ1) is 22.3. The Bertz CT molecular complexity index is 912. The van der Waals surface area contributed by atoms with Crippen LogP contribution >= 0.6 is 11.6 Å². The fourth-order valence-corrected chi connectivity index (χ4v) is 4.11.